The average Bonchev–Trinajstić information content (AvgIpc) is 3.60. The number of hydrogen-bond acceptors (Lipinski definition) is 7. The summed E-state index contributed by atoms with van der Waals surface area (Å²) in [6.07, 6.45) is 3.15. The van der Waals surface area contributed by atoms with Gasteiger partial charge in [0.15, 0.2) is 11.5 Å². The van der Waals surface area contributed by atoms with E-state index >= 15 is 0 Å². The standard InChI is InChI=1S/C39H48Cl2N4O5.ClH/c1-42-20-22-44(23-21-42)37(47)39(29-8-6-5-7-9-29)14-17-43(18-15-39)16-12-38(30-10-11-31(40)32(41)26-30)13-19-45(27-38)36(46)28-24-33(48-2)35(50-4)34(25-28)49-3;/h5-11,24-26H,12-23,27H2,1-4H3;1H/t38-;/m0./s1. The quantitative estimate of drug-likeness (QED) is 0.236. The molecule has 0 aliphatic carbocycles. The van der Waals surface area contributed by atoms with Gasteiger partial charge in [-0.3, -0.25) is 9.59 Å². The summed E-state index contributed by atoms with van der Waals surface area (Å²) in [5, 5.41) is 1.01. The van der Waals surface area contributed by atoms with E-state index in [1.54, 1.807) is 33.5 Å². The monoisotopic (exact) mass is 758 g/mol. The van der Waals surface area contributed by atoms with Gasteiger partial charge in [-0.25, -0.2) is 0 Å². The summed E-state index contributed by atoms with van der Waals surface area (Å²) in [6.45, 7) is 6.93. The van der Waals surface area contributed by atoms with Crippen LogP contribution < -0.4 is 14.2 Å². The van der Waals surface area contributed by atoms with Crippen molar-refractivity contribution in [2.75, 3.05) is 87.3 Å². The van der Waals surface area contributed by atoms with Crippen LogP contribution in [0.3, 0.4) is 0 Å². The molecule has 3 aliphatic heterocycles. The van der Waals surface area contributed by atoms with Crippen molar-refractivity contribution in [2.45, 2.75) is 36.5 Å². The molecule has 3 aromatic rings. The second-order valence-corrected chi connectivity index (χ2v) is 14.7. The fourth-order valence-electron chi connectivity index (χ4n) is 8.07. The van der Waals surface area contributed by atoms with Crippen LogP contribution in [-0.2, 0) is 15.6 Å². The van der Waals surface area contributed by atoms with Crippen LogP contribution in [0.25, 0.3) is 0 Å². The first-order valence-electron chi connectivity index (χ1n) is 17.4. The van der Waals surface area contributed by atoms with Crippen molar-refractivity contribution in [1.29, 1.82) is 0 Å². The van der Waals surface area contributed by atoms with Crippen LogP contribution in [-0.4, -0.2) is 119 Å². The number of amides is 2. The molecule has 0 aromatic heterocycles. The Labute approximate surface area is 318 Å². The van der Waals surface area contributed by atoms with E-state index in [1.807, 2.05) is 41.3 Å². The van der Waals surface area contributed by atoms with E-state index in [9.17, 15) is 9.59 Å². The van der Waals surface area contributed by atoms with Gasteiger partial charge in [-0.2, -0.15) is 0 Å². The van der Waals surface area contributed by atoms with E-state index in [0.717, 1.165) is 82.6 Å². The van der Waals surface area contributed by atoms with E-state index in [2.05, 4.69) is 33.9 Å². The number of nitrogens with zero attached hydrogens (tertiary/aromatic N) is 4. The van der Waals surface area contributed by atoms with Crippen LogP contribution in [0.5, 0.6) is 17.2 Å². The highest BCUT2D eigenvalue weighted by atomic mass is 35.5. The van der Waals surface area contributed by atoms with Gasteiger partial charge in [0.05, 0.1) is 36.8 Å². The number of carbonyl (C=O) groups excluding carboxylic acids is 2. The molecule has 12 heteroatoms. The van der Waals surface area contributed by atoms with Crippen LogP contribution >= 0.6 is 35.6 Å². The predicted molar refractivity (Wildman–Crippen MR) is 204 cm³/mol. The number of piperazine rings is 1. The third-order valence-electron chi connectivity index (χ3n) is 11.2. The zero-order valence-electron chi connectivity index (χ0n) is 30.0. The van der Waals surface area contributed by atoms with Gasteiger partial charge in [0.1, 0.15) is 0 Å². The lowest BCUT2D eigenvalue weighted by atomic mass is 9.71. The summed E-state index contributed by atoms with van der Waals surface area (Å²) in [6, 6.07) is 19.6. The maximum Gasteiger partial charge on any atom is 0.254 e. The van der Waals surface area contributed by atoms with Gasteiger partial charge in [-0.05, 0) is 87.8 Å². The van der Waals surface area contributed by atoms with Gasteiger partial charge in [0.2, 0.25) is 11.7 Å². The van der Waals surface area contributed by atoms with E-state index in [4.69, 9.17) is 37.4 Å². The van der Waals surface area contributed by atoms with Crippen molar-refractivity contribution < 1.29 is 23.8 Å². The Hall–Kier alpha value is -3.21. The number of rotatable bonds is 10. The van der Waals surface area contributed by atoms with E-state index < -0.39 is 5.41 Å². The fourth-order valence-corrected chi connectivity index (χ4v) is 8.37. The van der Waals surface area contributed by atoms with Crippen LogP contribution in [0.2, 0.25) is 10.0 Å². The Morgan fingerprint density at radius 2 is 1.37 bits per heavy atom. The molecule has 1 atom stereocenters. The maximum absolute atomic E-state index is 14.3. The molecule has 2 amide bonds. The van der Waals surface area contributed by atoms with E-state index in [-0.39, 0.29) is 29.6 Å². The molecule has 0 spiro atoms. The summed E-state index contributed by atoms with van der Waals surface area (Å²) in [7, 11) is 6.75. The van der Waals surface area contributed by atoms with E-state index in [0.29, 0.717) is 45.9 Å². The van der Waals surface area contributed by atoms with Crippen LogP contribution in [0, 0.1) is 0 Å². The topological polar surface area (TPSA) is 74.8 Å². The number of carbonyl (C=O) groups is 2. The normalized spacial score (nSPS) is 20.8. The second kappa shape index (κ2) is 16.6. The number of ether oxygens (including phenoxy) is 3. The zero-order chi connectivity index (χ0) is 35.5. The van der Waals surface area contributed by atoms with Crippen molar-refractivity contribution in [3.05, 3.63) is 87.4 Å². The molecule has 0 saturated carbocycles. The lowest BCUT2D eigenvalue weighted by Crippen LogP contribution is -2.57. The predicted octanol–water partition coefficient (Wildman–Crippen LogP) is 6.42. The molecule has 9 nitrogen and oxygen atoms in total. The van der Waals surface area contributed by atoms with Crippen molar-refractivity contribution in [3.63, 3.8) is 0 Å². The first-order valence-corrected chi connectivity index (χ1v) is 18.2. The summed E-state index contributed by atoms with van der Waals surface area (Å²) < 4.78 is 16.5. The first-order chi connectivity index (χ1) is 24.1. The highest BCUT2D eigenvalue weighted by Crippen LogP contribution is 2.44. The minimum absolute atomic E-state index is 0. The summed E-state index contributed by atoms with van der Waals surface area (Å²) >= 11 is 12.9. The minimum atomic E-state index is -0.522. The average molecular weight is 760 g/mol. The zero-order valence-corrected chi connectivity index (χ0v) is 32.3. The number of benzene rings is 3. The molecule has 3 aromatic carbocycles. The highest BCUT2D eigenvalue weighted by molar-refractivity contribution is 6.42. The maximum atomic E-state index is 14.3. The van der Waals surface area contributed by atoms with Crippen LogP contribution in [0.1, 0.15) is 47.2 Å². The molecule has 51 heavy (non-hydrogen) atoms. The first kappa shape index (κ1) is 39.0. The van der Waals surface area contributed by atoms with Gasteiger partial charge >= 0.3 is 0 Å². The Bertz CT molecular complexity index is 1650. The van der Waals surface area contributed by atoms with Crippen LogP contribution in [0.15, 0.2) is 60.7 Å². The summed E-state index contributed by atoms with van der Waals surface area (Å²) in [5.41, 5.74) is 1.82. The molecular formula is C39H49Cl3N4O5. The molecule has 0 bridgehead atoms. The Morgan fingerprint density at radius 1 is 0.725 bits per heavy atom. The van der Waals surface area contributed by atoms with Crippen LogP contribution in [0.4, 0.5) is 0 Å². The van der Waals surface area contributed by atoms with Gasteiger partial charge in [0, 0.05) is 50.2 Å². The molecule has 3 aliphatic rings. The van der Waals surface area contributed by atoms with Crippen molar-refractivity contribution >= 4 is 47.4 Å². The summed E-state index contributed by atoms with van der Waals surface area (Å²) in [5.74, 6) is 1.49. The molecule has 6 rings (SSSR count). The number of hydrogen-bond donors (Lipinski definition) is 0. The minimum Gasteiger partial charge on any atom is -0.493 e. The van der Waals surface area contributed by atoms with Gasteiger partial charge in [0.25, 0.3) is 5.91 Å². The molecule has 0 radical (unpaired) electrons. The number of halogens is 3. The van der Waals surface area contributed by atoms with Gasteiger partial charge < -0.3 is 33.8 Å². The van der Waals surface area contributed by atoms with Crippen molar-refractivity contribution in [1.82, 2.24) is 19.6 Å². The van der Waals surface area contributed by atoms with Crippen molar-refractivity contribution in [2.24, 2.45) is 0 Å². The van der Waals surface area contributed by atoms with Gasteiger partial charge in [-0.1, -0.05) is 59.6 Å². The molecular weight excluding hydrogens is 711 g/mol. The SMILES string of the molecule is COc1cc(C(=O)N2CC[C@](CCN3CCC(C(=O)N4CCN(C)CC4)(c4ccccc4)CC3)(c3ccc(Cl)c(Cl)c3)C2)cc(OC)c1OC.Cl. The number of piperidine rings is 1. The lowest BCUT2D eigenvalue weighted by Gasteiger charge is -2.45. The molecule has 3 saturated heterocycles. The molecule has 0 N–H and O–H groups in total. The van der Waals surface area contributed by atoms with E-state index in [1.165, 1.54) is 0 Å². The number of methoxy groups -OCH3 is 3. The molecule has 3 fully saturated rings. The Morgan fingerprint density at radius 3 is 1.96 bits per heavy atom. The fraction of sp³-hybridized carbons (Fsp3) is 0.487. The molecule has 3 heterocycles. The molecule has 276 valence electrons. The Balaban J connectivity index is 0.00000504. The molecule has 0 unspecified atom stereocenters. The summed E-state index contributed by atoms with van der Waals surface area (Å²) in [4.78, 5) is 37.1. The lowest BCUT2D eigenvalue weighted by molar-refractivity contribution is -0.141. The highest BCUT2D eigenvalue weighted by Gasteiger charge is 2.47. The van der Waals surface area contributed by atoms with Gasteiger partial charge in [-0.15, -0.1) is 12.4 Å². The number of likely N-dealkylation sites (N-methyl/N-ethyl adjacent to an activating group) is 1. The number of likely N-dealkylation sites (tertiary alicyclic amines) is 2. The largest absolute Gasteiger partial charge is 0.493 e. The third-order valence-corrected chi connectivity index (χ3v) is 12.0. The smallest absolute Gasteiger partial charge is 0.254 e. The second-order valence-electron chi connectivity index (χ2n) is 13.9. The van der Waals surface area contributed by atoms with Crippen molar-refractivity contribution in [3.8, 4) is 17.2 Å². The third kappa shape index (κ3) is 7.93. The Kier molecular flexibility index (Phi) is 12.7.